The van der Waals surface area contributed by atoms with Gasteiger partial charge in [0, 0.05) is 0 Å². The van der Waals surface area contributed by atoms with E-state index in [-0.39, 0.29) is 6.10 Å². The highest BCUT2D eigenvalue weighted by Gasteiger charge is 2.09. The lowest BCUT2D eigenvalue weighted by Gasteiger charge is -2.15. The lowest BCUT2D eigenvalue weighted by atomic mass is 9.98. The Morgan fingerprint density at radius 1 is 1.05 bits per heavy atom. The van der Waals surface area contributed by atoms with Crippen LogP contribution in [0.2, 0.25) is 0 Å². The molecule has 1 aromatic rings. The fourth-order valence-corrected chi connectivity index (χ4v) is 1.78. The standard InChI is InChI=1S/C16H26O3/c1-6-13(4)14-7-8-15(16(11-14)17-5)19-10-9-18-12(2)3/h7-8,11-13H,6,9-10H2,1-5H3. The van der Waals surface area contributed by atoms with Crippen molar-refractivity contribution in [1.29, 1.82) is 0 Å². The molecule has 0 radical (unpaired) electrons. The van der Waals surface area contributed by atoms with Crippen LogP contribution in [0, 0.1) is 0 Å². The second-order valence-corrected chi connectivity index (χ2v) is 4.99. The molecule has 1 rings (SSSR count). The van der Waals surface area contributed by atoms with E-state index in [0.29, 0.717) is 19.1 Å². The van der Waals surface area contributed by atoms with E-state index in [9.17, 15) is 0 Å². The van der Waals surface area contributed by atoms with Gasteiger partial charge in [-0.1, -0.05) is 19.9 Å². The molecule has 0 aliphatic heterocycles. The van der Waals surface area contributed by atoms with E-state index in [0.717, 1.165) is 17.9 Å². The summed E-state index contributed by atoms with van der Waals surface area (Å²) >= 11 is 0. The van der Waals surface area contributed by atoms with Gasteiger partial charge < -0.3 is 14.2 Å². The second-order valence-electron chi connectivity index (χ2n) is 4.99. The van der Waals surface area contributed by atoms with Gasteiger partial charge in [0.2, 0.25) is 0 Å². The Labute approximate surface area is 116 Å². The monoisotopic (exact) mass is 266 g/mol. The van der Waals surface area contributed by atoms with Crippen LogP contribution in [0.25, 0.3) is 0 Å². The molecule has 0 bridgehead atoms. The van der Waals surface area contributed by atoms with Crippen LogP contribution >= 0.6 is 0 Å². The molecule has 1 aromatic carbocycles. The van der Waals surface area contributed by atoms with Crippen molar-refractivity contribution < 1.29 is 14.2 Å². The Kier molecular flexibility index (Phi) is 6.71. The number of ether oxygens (including phenoxy) is 3. The van der Waals surface area contributed by atoms with Crippen molar-refractivity contribution in [2.24, 2.45) is 0 Å². The lowest BCUT2D eigenvalue weighted by molar-refractivity contribution is 0.0547. The SMILES string of the molecule is CCC(C)c1ccc(OCCOC(C)C)c(OC)c1. The predicted molar refractivity (Wildman–Crippen MR) is 78.3 cm³/mol. The van der Waals surface area contributed by atoms with E-state index in [1.54, 1.807) is 7.11 Å². The second kappa shape index (κ2) is 8.05. The van der Waals surface area contributed by atoms with Gasteiger partial charge in [-0.05, 0) is 43.9 Å². The average molecular weight is 266 g/mol. The van der Waals surface area contributed by atoms with Crippen LogP contribution in [0.4, 0.5) is 0 Å². The summed E-state index contributed by atoms with van der Waals surface area (Å²) in [6.07, 6.45) is 1.35. The Morgan fingerprint density at radius 3 is 2.37 bits per heavy atom. The minimum absolute atomic E-state index is 0.235. The third-order valence-electron chi connectivity index (χ3n) is 3.16. The van der Waals surface area contributed by atoms with E-state index >= 15 is 0 Å². The topological polar surface area (TPSA) is 27.7 Å². The first kappa shape index (κ1) is 15.8. The van der Waals surface area contributed by atoms with Crippen molar-refractivity contribution in [3.05, 3.63) is 23.8 Å². The molecule has 0 aromatic heterocycles. The molecule has 0 aliphatic carbocycles. The molecule has 0 saturated heterocycles. The van der Waals surface area contributed by atoms with Crippen molar-refractivity contribution in [3.8, 4) is 11.5 Å². The van der Waals surface area contributed by atoms with Gasteiger partial charge in [-0.3, -0.25) is 0 Å². The van der Waals surface area contributed by atoms with Crippen molar-refractivity contribution in [2.75, 3.05) is 20.3 Å². The fraction of sp³-hybridized carbons (Fsp3) is 0.625. The Balaban J connectivity index is 2.63. The van der Waals surface area contributed by atoms with Crippen LogP contribution < -0.4 is 9.47 Å². The van der Waals surface area contributed by atoms with Crippen LogP contribution in [0.5, 0.6) is 11.5 Å². The molecule has 0 amide bonds. The van der Waals surface area contributed by atoms with Crippen molar-refractivity contribution in [3.63, 3.8) is 0 Å². The molecule has 3 heteroatoms. The summed E-state index contributed by atoms with van der Waals surface area (Å²) in [7, 11) is 1.67. The third kappa shape index (κ3) is 5.11. The minimum Gasteiger partial charge on any atom is -0.493 e. The quantitative estimate of drug-likeness (QED) is 0.665. The fourth-order valence-electron chi connectivity index (χ4n) is 1.78. The Bertz CT molecular complexity index is 374. The first-order valence-electron chi connectivity index (χ1n) is 7.00. The summed E-state index contributed by atoms with van der Waals surface area (Å²) in [4.78, 5) is 0. The highest BCUT2D eigenvalue weighted by Crippen LogP contribution is 2.31. The van der Waals surface area contributed by atoms with Gasteiger partial charge in [-0.15, -0.1) is 0 Å². The molecule has 19 heavy (non-hydrogen) atoms. The summed E-state index contributed by atoms with van der Waals surface area (Å²) in [5.41, 5.74) is 1.28. The zero-order valence-electron chi connectivity index (χ0n) is 12.7. The molecule has 0 heterocycles. The van der Waals surface area contributed by atoms with Gasteiger partial charge in [-0.2, -0.15) is 0 Å². The zero-order chi connectivity index (χ0) is 14.3. The van der Waals surface area contributed by atoms with Crippen LogP contribution in [-0.4, -0.2) is 26.4 Å². The van der Waals surface area contributed by atoms with Crippen LogP contribution in [0.15, 0.2) is 18.2 Å². The first-order valence-corrected chi connectivity index (χ1v) is 7.00. The van der Waals surface area contributed by atoms with Crippen molar-refractivity contribution in [2.45, 2.75) is 46.1 Å². The highest BCUT2D eigenvalue weighted by molar-refractivity contribution is 5.43. The number of hydrogen-bond acceptors (Lipinski definition) is 3. The van der Waals surface area contributed by atoms with Crippen molar-refractivity contribution >= 4 is 0 Å². The zero-order valence-corrected chi connectivity index (χ0v) is 12.7. The highest BCUT2D eigenvalue weighted by atomic mass is 16.5. The maximum absolute atomic E-state index is 5.70. The predicted octanol–water partition coefficient (Wildman–Crippen LogP) is 4.01. The number of benzene rings is 1. The normalized spacial score (nSPS) is 12.5. The van der Waals surface area contributed by atoms with Crippen LogP contribution in [-0.2, 0) is 4.74 Å². The van der Waals surface area contributed by atoms with Crippen molar-refractivity contribution in [1.82, 2.24) is 0 Å². The van der Waals surface area contributed by atoms with E-state index in [2.05, 4.69) is 26.0 Å². The Hall–Kier alpha value is -1.22. The van der Waals surface area contributed by atoms with E-state index < -0.39 is 0 Å². The lowest BCUT2D eigenvalue weighted by Crippen LogP contribution is -2.11. The van der Waals surface area contributed by atoms with E-state index in [1.165, 1.54) is 5.56 Å². The summed E-state index contributed by atoms with van der Waals surface area (Å²) in [6, 6.07) is 6.15. The molecule has 1 atom stereocenters. The molecule has 0 N–H and O–H groups in total. The van der Waals surface area contributed by atoms with Gasteiger partial charge in [0.05, 0.1) is 19.8 Å². The number of hydrogen-bond donors (Lipinski definition) is 0. The third-order valence-corrected chi connectivity index (χ3v) is 3.16. The van der Waals surface area contributed by atoms with Gasteiger partial charge in [0.1, 0.15) is 6.61 Å². The van der Waals surface area contributed by atoms with Gasteiger partial charge in [-0.25, -0.2) is 0 Å². The molecule has 0 aliphatic rings. The average Bonchev–Trinajstić information content (AvgIpc) is 2.42. The summed E-state index contributed by atoms with van der Waals surface area (Å²) < 4.78 is 16.5. The number of methoxy groups -OCH3 is 1. The molecule has 0 fully saturated rings. The largest absolute Gasteiger partial charge is 0.493 e. The maximum atomic E-state index is 5.70. The molecule has 1 unspecified atom stereocenters. The Morgan fingerprint density at radius 2 is 1.79 bits per heavy atom. The van der Waals surface area contributed by atoms with E-state index in [4.69, 9.17) is 14.2 Å². The van der Waals surface area contributed by atoms with Gasteiger partial charge in [0.15, 0.2) is 11.5 Å². The smallest absolute Gasteiger partial charge is 0.161 e. The minimum atomic E-state index is 0.235. The van der Waals surface area contributed by atoms with E-state index in [1.807, 2.05) is 19.9 Å². The summed E-state index contributed by atoms with van der Waals surface area (Å²) in [5, 5.41) is 0. The first-order chi connectivity index (χ1) is 9.08. The number of rotatable bonds is 8. The molecular formula is C16H26O3. The molecule has 0 saturated carbocycles. The van der Waals surface area contributed by atoms with Gasteiger partial charge in [0.25, 0.3) is 0 Å². The van der Waals surface area contributed by atoms with Gasteiger partial charge >= 0.3 is 0 Å². The molecule has 0 spiro atoms. The summed E-state index contributed by atoms with van der Waals surface area (Å²) in [6.45, 7) is 9.56. The summed E-state index contributed by atoms with van der Waals surface area (Å²) in [5.74, 6) is 2.11. The molecule has 3 nitrogen and oxygen atoms in total. The van der Waals surface area contributed by atoms with Crippen LogP contribution in [0.1, 0.15) is 45.6 Å². The molecule has 108 valence electrons. The maximum Gasteiger partial charge on any atom is 0.161 e. The van der Waals surface area contributed by atoms with Crippen LogP contribution in [0.3, 0.4) is 0 Å². The molecular weight excluding hydrogens is 240 g/mol.